The van der Waals surface area contributed by atoms with Crippen LogP contribution in [0.1, 0.15) is 43.1 Å². The van der Waals surface area contributed by atoms with Crippen LogP contribution in [0.15, 0.2) is 54.6 Å². The first-order chi connectivity index (χ1) is 12.4. The first kappa shape index (κ1) is 19.7. The molecule has 4 heteroatoms. The number of aliphatic carboxylic acids is 1. The first-order valence-electron chi connectivity index (χ1n) is 8.80. The lowest BCUT2D eigenvalue weighted by molar-refractivity contribution is -0.134. The number of ether oxygens (including phenoxy) is 1. The Kier molecular flexibility index (Phi) is 6.98. The molecule has 0 amide bonds. The lowest BCUT2D eigenvalue weighted by atomic mass is 9.92. The minimum Gasteiger partial charge on any atom is -0.485 e. The summed E-state index contributed by atoms with van der Waals surface area (Å²) < 4.78 is 6.19. The van der Waals surface area contributed by atoms with Crippen LogP contribution < -0.4 is 4.74 Å². The van der Waals surface area contributed by atoms with Crippen LogP contribution in [0, 0.1) is 0 Å². The van der Waals surface area contributed by atoms with Crippen LogP contribution in [0.25, 0.3) is 5.57 Å². The Labute approximate surface area is 155 Å². The number of benzene rings is 2. The molecule has 0 aliphatic carbocycles. The van der Waals surface area contributed by atoms with Crippen molar-refractivity contribution in [2.75, 3.05) is 20.6 Å². The number of carboxylic acid groups (broad SMARTS) is 1. The summed E-state index contributed by atoms with van der Waals surface area (Å²) in [4.78, 5) is 11.2. The molecule has 3 rings (SSSR count). The SMILES string of the molecule is CC(=O)O.CC1Oc2ccccc2C(=CCCN(C)C)c2ccccc21. The quantitative estimate of drug-likeness (QED) is 0.875. The highest BCUT2D eigenvalue weighted by molar-refractivity contribution is 5.85. The highest BCUT2D eigenvalue weighted by Gasteiger charge is 2.22. The molecule has 2 aromatic rings. The van der Waals surface area contributed by atoms with E-state index in [1.54, 1.807) is 0 Å². The molecule has 0 radical (unpaired) electrons. The van der Waals surface area contributed by atoms with Gasteiger partial charge in [0, 0.05) is 19.0 Å². The van der Waals surface area contributed by atoms with Crippen LogP contribution in [0.4, 0.5) is 0 Å². The molecule has 1 unspecified atom stereocenters. The summed E-state index contributed by atoms with van der Waals surface area (Å²) in [5, 5.41) is 7.42. The van der Waals surface area contributed by atoms with Gasteiger partial charge in [0.25, 0.3) is 5.97 Å². The topological polar surface area (TPSA) is 49.8 Å². The van der Waals surface area contributed by atoms with Crippen molar-refractivity contribution in [2.24, 2.45) is 0 Å². The summed E-state index contributed by atoms with van der Waals surface area (Å²) in [6.07, 6.45) is 3.44. The normalized spacial score (nSPS) is 16.7. The highest BCUT2D eigenvalue weighted by Crippen LogP contribution is 2.40. The summed E-state index contributed by atoms with van der Waals surface area (Å²) in [6.45, 7) is 4.25. The zero-order valence-electron chi connectivity index (χ0n) is 15.9. The molecule has 0 bridgehead atoms. The van der Waals surface area contributed by atoms with E-state index in [4.69, 9.17) is 14.6 Å². The molecule has 138 valence electrons. The van der Waals surface area contributed by atoms with Gasteiger partial charge in [-0.3, -0.25) is 4.79 Å². The molecular weight excluding hydrogens is 326 g/mol. The van der Waals surface area contributed by atoms with E-state index in [2.05, 4.69) is 74.5 Å². The second-order valence-corrected chi connectivity index (χ2v) is 6.57. The van der Waals surface area contributed by atoms with Gasteiger partial charge in [-0.15, -0.1) is 0 Å². The Bertz CT molecular complexity index is 776. The van der Waals surface area contributed by atoms with Crippen molar-refractivity contribution in [3.8, 4) is 5.75 Å². The fourth-order valence-electron chi connectivity index (χ4n) is 2.97. The fourth-order valence-corrected chi connectivity index (χ4v) is 2.97. The maximum absolute atomic E-state index is 9.00. The molecule has 1 aliphatic rings. The van der Waals surface area contributed by atoms with Crippen molar-refractivity contribution < 1.29 is 14.6 Å². The highest BCUT2D eigenvalue weighted by atomic mass is 16.5. The van der Waals surface area contributed by atoms with Crippen molar-refractivity contribution in [1.29, 1.82) is 0 Å². The summed E-state index contributed by atoms with van der Waals surface area (Å²) in [5.41, 5.74) is 5.03. The molecule has 0 spiro atoms. The molecule has 26 heavy (non-hydrogen) atoms. The second-order valence-electron chi connectivity index (χ2n) is 6.57. The third-order valence-corrected chi connectivity index (χ3v) is 4.09. The third kappa shape index (κ3) is 5.20. The Hall–Kier alpha value is -2.59. The van der Waals surface area contributed by atoms with Crippen LogP contribution in [0.5, 0.6) is 5.75 Å². The Balaban J connectivity index is 0.000000552. The Morgan fingerprint density at radius 3 is 2.35 bits per heavy atom. The van der Waals surface area contributed by atoms with Gasteiger partial charge in [0.15, 0.2) is 0 Å². The number of fused-ring (bicyclic) bond motifs is 2. The fraction of sp³-hybridized carbons (Fsp3) is 0.318. The maximum Gasteiger partial charge on any atom is 0.300 e. The maximum atomic E-state index is 9.00. The van der Waals surface area contributed by atoms with Gasteiger partial charge in [-0.05, 0) is 50.2 Å². The van der Waals surface area contributed by atoms with E-state index < -0.39 is 5.97 Å². The standard InChI is InChI=1S/C20H23NO.C2H4O2/c1-15-16-9-4-5-10-17(16)18(12-8-14-21(2)3)19-11-6-7-13-20(19)22-15;1-2(3)4/h4-7,9-13,15H,8,14H2,1-3H3;1H3,(H,3,4). The first-order valence-corrected chi connectivity index (χ1v) is 8.80. The predicted octanol–water partition coefficient (Wildman–Crippen LogP) is 4.61. The second kappa shape index (κ2) is 9.20. The number of carbonyl (C=O) groups is 1. The molecule has 1 heterocycles. The van der Waals surface area contributed by atoms with E-state index >= 15 is 0 Å². The van der Waals surface area contributed by atoms with E-state index in [0.29, 0.717) is 0 Å². The van der Waals surface area contributed by atoms with Gasteiger partial charge in [-0.2, -0.15) is 0 Å². The van der Waals surface area contributed by atoms with Crippen molar-refractivity contribution in [3.05, 3.63) is 71.3 Å². The van der Waals surface area contributed by atoms with Crippen LogP contribution in [-0.4, -0.2) is 36.6 Å². The lowest BCUT2D eigenvalue weighted by Gasteiger charge is -2.14. The van der Waals surface area contributed by atoms with Crippen molar-refractivity contribution in [3.63, 3.8) is 0 Å². The van der Waals surface area contributed by atoms with Gasteiger partial charge in [0.1, 0.15) is 11.9 Å². The van der Waals surface area contributed by atoms with Crippen LogP contribution in [0.2, 0.25) is 0 Å². The number of para-hydroxylation sites is 1. The van der Waals surface area contributed by atoms with E-state index in [1.807, 2.05) is 6.07 Å². The molecule has 1 atom stereocenters. The van der Waals surface area contributed by atoms with E-state index in [0.717, 1.165) is 25.6 Å². The van der Waals surface area contributed by atoms with Gasteiger partial charge < -0.3 is 14.7 Å². The summed E-state index contributed by atoms with van der Waals surface area (Å²) >= 11 is 0. The van der Waals surface area contributed by atoms with Gasteiger partial charge in [-0.25, -0.2) is 0 Å². The molecule has 1 aliphatic heterocycles. The minimum atomic E-state index is -0.833. The van der Waals surface area contributed by atoms with Crippen LogP contribution in [0.3, 0.4) is 0 Å². The summed E-state index contributed by atoms with van der Waals surface area (Å²) in [6, 6.07) is 16.9. The van der Waals surface area contributed by atoms with E-state index in [1.165, 1.54) is 22.3 Å². The number of carboxylic acids is 1. The Morgan fingerprint density at radius 1 is 1.12 bits per heavy atom. The summed E-state index contributed by atoms with van der Waals surface area (Å²) in [7, 11) is 4.22. The van der Waals surface area contributed by atoms with Gasteiger partial charge in [0.2, 0.25) is 0 Å². The van der Waals surface area contributed by atoms with E-state index in [-0.39, 0.29) is 6.10 Å². The van der Waals surface area contributed by atoms with Crippen molar-refractivity contribution >= 4 is 11.5 Å². The van der Waals surface area contributed by atoms with Crippen LogP contribution in [-0.2, 0) is 4.79 Å². The van der Waals surface area contributed by atoms with Crippen molar-refractivity contribution in [1.82, 2.24) is 4.90 Å². The number of rotatable bonds is 3. The van der Waals surface area contributed by atoms with Gasteiger partial charge >= 0.3 is 0 Å². The average molecular weight is 353 g/mol. The number of hydrogen-bond donors (Lipinski definition) is 1. The largest absolute Gasteiger partial charge is 0.485 e. The number of nitrogens with zero attached hydrogens (tertiary/aromatic N) is 1. The summed E-state index contributed by atoms with van der Waals surface area (Å²) in [5.74, 6) is 0.141. The van der Waals surface area contributed by atoms with Gasteiger partial charge in [0.05, 0.1) is 0 Å². The monoisotopic (exact) mass is 353 g/mol. The molecule has 1 N–H and O–H groups in total. The smallest absolute Gasteiger partial charge is 0.300 e. The van der Waals surface area contributed by atoms with E-state index in [9.17, 15) is 0 Å². The molecule has 2 aromatic carbocycles. The molecule has 4 nitrogen and oxygen atoms in total. The minimum absolute atomic E-state index is 0.0668. The molecule has 0 fully saturated rings. The zero-order valence-corrected chi connectivity index (χ0v) is 15.9. The third-order valence-electron chi connectivity index (χ3n) is 4.09. The number of hydrogen-bond acceptors (Lipinski definition) is 3. The zero-order chi connectivity index (χ0) is 19.1. The molecular formula is C22H27NO3. The predicted molar refractivity (Wildman–Crippen MR) is 105 cm³/mol. The Morgan fingerprint density at radius 2 is 1.69 bits per heavy atom. The lowest BCUT2D eigenvalue weighted by Crippen LogP contribution is -2.12. The van der Waals surface area contributed by atoms with Crippen molar-refractivity contribution in [2.45, 2.75) is 26.4 Å². The molecule has 0 saturated carbocycles. The van der Waals surface area contributed by atoms with Gasteiger partial charge in [-0.1, -0.05) is 48.5 Å². The molecule has 0 saturated heterocycles. The van der Waals surface area contributed by atoms with Crippen LogP contribution >= 0.6 is 0 Å². The average Bonchev–Trinajstić information content (AvgIpc) is 2.70. The molecule has 0 aromatic heterocycles.